The summed E-state index contributed by atoms with van der Waals surface area (Å²) in [7, 11) is 0. The molecule has 0 saturated carbocycles. The molecule has 0 spiro atoms. The van der Waals surface area contributed by atoms with Crippen molar-refractivity contribution in [1.29, 1.82) is 0 Å². The van der Waals surface area contributed by atoms with Gasteiger partial charge < -0.3 is 11.5 Å². The number of hydrogen-bond acceptors (Lipinski definition) is 2. The fraction of sp³-hybridized carbons (Fsp3) is 0.111. The summed E-state index contributed by atoms with van der Waals surface area (Å²) in [5.41, 5.74) is 16.0. The molecule has 0 aliphatic rings. The molecule has 2 atom stereocenters. The van der Waals surface area contributed by atoms with Crippen LogP contribution in [0.5, 0.6) is 0 Å². The van der Waals surface area contributed by atoms with Gasteiger partial charge >= 0.3 is 0 Å². The highest BCUT2D eigenvalue weighted by atomic mass is 14.8. The van der Waals surface area contributed by atoms with Crippen LogP contribution in [0.15, 0.2) is 48.5 Å². The van der Waals surface area contributed by atoms with Crippen LogP contribution in [0.3, 0.4) is 0 Å². The van der Waals surface area contributed by atoms with Crippen molar-refractivity contribution in [2.75, 3.05) is 0 Å². The van der Waals surface area contributed by atoms with Gasteiger partial charge in [-0.1, -0.05) is 36.1 Å². The second kappa shape index (κ2) is 6.08. The molecule has 0 saturated heterocycles. The number of rotatable bonds is 3. The Morgan fingerprint density at radius 1 is 0.650 bits per heavy atom. The molecule has 0 heterocycles. The van der Waals surface area contributed by atoms with E-state index in [2.05, 4.69) is 11.8 Å². The van der Waals surface area contributed by atoms with Gasteiger partial charge in [-0.25, -0.2) is 0 Å². The third-order valence-electron chi connectivity index (χ3n) is 3.31. The Kier molecular flexibility index (Phi) is 4.23. The molecule has 0 amide bonds. The lowest BCUT2D eigenvalue weighted by molar-refractivity contribution is 0.574. The molecule has 2 aromatic carbocycles. The van der Waals surface area contributed by atoms with Crippen LogP contribution in [0.25, 0.3) is 0 Å². The monoisotopic (exact) mass is 260 g/mol. The van der Waals surface area contributed by atoms with Crippen molar-refractivity contribution >= 4 is 0 Å². The third kappa shape index (κ3) is 2.90. The van der Waals surface area contributed by atoms with Crippen molar-refractivity contribution in [3.63, 3.8) is 0 Å². The van der Waals surface area contributed by atoms with Crippen LogP contribution in [0, 0.1) is 24.7 Å². The number of benzene rings is 2. The Bertz CT molecular complexity index is 593. The van der Waals surface area contributed by atoms with E-state index < -0.39 is 0 Å². The maximum atomic E-state index is 6.22. The fourth-order valence-corrected chi connectivity index (χ4v) is 2.02. The van der Waals surface area contributed by atoms with Crippen LogP contribution in [0.1, 0.15) is 34.3 Å². The van der Waals surface area contributed by atoms with Gasteiger partial charge in [0.15, 0.2) is 0 Å². The molecule has 20 heavy (non-hydrogen) atoms. The Labute approximate surface area is 119 Å². The van der Waals surface area contributed by atoms with E-state index in [1.54, 1.807) is 0 Å². The molecule has 4 N–H and O–H groups in total. The molecular formula is C18H16N2. The second-order valence-corrected chi connectivity index (χ2v) is 4.58. The Hall–Kier alpha value is -2.52. The predicted octanol–water partition coefficient (Wildman–Crippen LogP) is 2.35. The van der Waals surface area contributed by atoms with E-state index in [4.69, 9.17) is 24.3 Å². The van der Waals surface area contributed by atoms with Crippen LogP contribution in [-0.4, -0.2) is 0 Å². The zero-order chi connectivity index (χ0) is 14.5. The number of terminal acetylenes is 2. The van der Waals surface area contributed by atoms with E-state index in [1.165, 1.54) is 0 Å². The van der Waals surface area contributed by atoms with E-state index in [-0.39, 0.29) is 12.1 Å². The van der Waals surface area contributed by atoms with Crippen LogP contribution < -0.4 is 11.5 Å². The molecule has 2 heteroatoms. The minimum Gasteiger partial charge on any atom is -0.322 e. The maximum Gasteiger partial charge on any atom is 0.0491 e. The maximum absolute atomic E-state index is 6.22. The third-order valence-corrected chi connectivity index (χ3v) is 3.31. The highest BCUT2D eigenvalue weighted by Gasteiger charge is 2.17. The van der Waals surface area contributed by atoms with Crippen molar-refractivity contribution in [3.8, 4) is 24.7 Å². The Morgan fingerprint density at radius 2 is 0.950 bits per heavy atom. The average molecular weight is 260 g/mol. The molecule has 0 bridgehead atoms. The Morgan fingerprint density at radius 3 is 1.20 bits per heavy atom. The molecule has 2 aromatic rings. The molecule has 0 aliphatic heterocycles. The van der Waals surface area contributed by atoms with Crippen LogP contribution in [0.4, 0.5) is 0 Å². The van der Waals surface area contributed by atoms with Gasteiger partial charge in [0, 0.05) is 23.2 Å². The molecule has 0 radical (unpaired) electrons. The lowest BCUT2D eigenvalue weighted by Gasteiger charge is -2.21. The first-order valence-corrected chi connectivity index (χ1v) is 6.30. The van der Waals surface area contributed by atoms with Crippen molar-refractivity contribution in [3.05, 3.63) is 70.8 Å². The second-order valence-electron chi connectivity index (χ2n) is 4.58. The van der Waals surface area contributed by atoms with Gasteiger partial charge in [0.05, 0.1) is 0 Å². The van der Waals surface area contributed by atoms with Crippen molar-refractivity contribution in [2.24, 2.45) is 11.5 Å². The lowest BCUT2D eigenvalue weighted by Crippen LogP contribution is -2.26. The summed E-state index contributed by atoms with van der Waals surface area (Å²) in [6.45, 7) is 0. The normalized spacial score (nSPS) is 13.0. The van der Waals surface area contributed by atoms with Crippen LogP contribution >= 0.6 is 0 Å². The predicted molar refractivity (Wildman–Crippen MR) is 82.6 cm³/mol. The summed E-state index contributed by atoms with van der Waals surface area (Å²) >= 11 is 0. The lowest BCUT2D eigenvalue weighted by atomic mass is 9.94. The number of nitrogens with two attached hydrogens (primary N) is 2. The first-order valence-electron chi connectivity index (χ1n) is 6.30. The smallest absolute Gasteiger partial charge is 0.0491 e. The summed E-state index contributed by atoms with van der Waals surface area (Å²) in [4.78, 5) is 0. The molecule has 2 nitrogen and oxygen atoms in total. The number of hydrogen-bond donors (Lipinski definition) is 2. The zero-order valence-corrected chi connectivity index (χ0v) is 11.1. The van der Waals surface area contributed by atoms with Gasteiger partial charge in [0.1, 0.15) is 0 Å². The van der Waals surface area contributed by atoms with Crippen molar-refractivity contribution in [2.45, 2.75) is 12.1 Å². The molecule has 0 aliphatic carbocycles. The average Bonchev–Trinajstić information content (AvgIpc) is 2.53. The fourth-order valence-electron chi connectivity index (χ4n) is 2.02. The topological polar surface area (TPSA) is 52.0 Å². The highest BCUT2D eigenvalue weighted by molar-refractivity contribution is 5.38. The minimum atomic E-state index is -0.293. The van der Waals surface area contributed by atoms with Crippen LogP contribution in [-0.2, 0) is 0 Å². The SMILES string of the molecule is C#Cc1ccc(C(N)C(N)c2ccc(C#C)cc2)cc1. The molecule has 2 unspecified atom stereocenters. The quantitative estimate of drug-likeness (QED) is 0.832. The van der Waals surface area contributed by atoms with Crippen LogP contribution in [0.2, 0.25) is 0 Å². The summed E-state index contributed by atoms with van der Waals surface area (Å²) < 4.78 is 0. The largest absolute Gasteiger partial charge is 0.322 e. The summed E-state index contributed by atoms with van der Waals surface area (Å²) in [6, 6.07) is 14.5. The van der Waals surface area contributed by atoms with Gasteiger partial charge in [-0.3, -0.25) is 0 Å². The molecular weight excluding hydrogens is 244 g/mol. The van der Waals surface area contributed by atoms with E-state index in [1.807, 2.05) is 48.5 Å². The summed E-state index contributed by atoms with van der Waals surface area (Å²) in [6.07, 6.45) is 10.7. The van der Waals surface area contributed by atoms with Gasteiger partial charge in [-0.15, -0.1) is 12.8 Å². The standard InChI is InChI=1S/C18H16N2/c1-3-13-5-9-15(10-6-13)17(19)18(20)16-11-7-14(4-2)8-12-16/h1-2,5-12,17-18H,19-20H2. The minimum absolute atomic E-state index is 0.293. The highest BCUT2D eigenvalue weighted by Crippen LogP contribution is 2.25. The summed E-state index contributed by atoms with van der Waals surface area (Å²) in [5, 5.41) is 0. The van der Waals surface area contributed by atoms with Gasteiger partial charge in [0.25, 0.3) is 0 Å². The molecule has 0 aromatic heterocycles. The molecule has 0 fully saturated rings. The van der Waals surface area contributed by atoms with Gasteiger partial charge in [0.2, 0.25) is 0 Å². The Balaban J connectivity index is 2.20. The van der Waals surface area contributed by atoms with E-state index in [9.17, 15) is 0 Å². The first kappa shape index (κ1) is 13.9. The van der Waals surface area contributed by atoms with Crippen molar-refractivity contribution < 1.29 is 0 Å². The van der Waals surface area contributed by atoms with E-state index >= 15 is 0 Å². The van der Waals surface area contributed by atoms with Crippen molar-refractivity contribution in [1.82, 2.24) is 0 Å². The molecule has 98 valence electrons. The molecule has 2 rings (SSSR count). The first-order chi connectivity index (χ1) is 9.65. The van der Waals surface area contributed by atoms with Gasteiger partial charge in [-0.05, 0) is 35.4 Å². The zero-order valence-electron chi connectivity index (χ0n) is 11.1. The summed E-state index contributed by atoms with van der Waals surface area (Å²) in [5.74, 6) is 5.15. The van der Waals surface area contributed by atoms with E-state index in [0.29, 0.717) is 0 Å². The van der Waals surface area contributed by atoms with Gasteiger partial charge in [-0.2, -0.15) is 0 Å². The van der Waals surface area contributed by atoms with E-state index in [0.717, 1.165) is 22.3 Å².